The Morgan fingerprint density at radius 1 is 1.30 bits per heavy atom. The largest absolute Gasteiger partial charge is 0.494 e. The standard InChI is InChI=1S/C18H17N5O3S/c1-26-13-9-15(25)23(22-16(13)11-5-3-2-4-6-11)10-14(24)19-18-21-20-17(27-18)12-7-8-12/h2-6,9,12H,7-8,10H2,1H3,(H,19,21,24). The Balaban J connectivity index is 1.55. The number of aromatic nitrogens is 4. The van der Waals surface area contributed by atoms with Gasteiger partial charge < -0.3 is 4.74 Å². The summed E-state index contributed by atoms with van der Waals surface area (Å²) in [5.74, 6) is 0.459. The van der Waals surface area contributed by atoms with E-state index in [-0.39, 0.29) is 12.5 Å². The minimum Gasteiger partial charge on any atom is -0.494 e. The molecule has 1 aliphatic rings. The van der Waals surface area contributed by atoms with Crippen LogP contribution < -0.4 is 15.6 Å². The maximum atomic E-state index is 12.3. The van der Waals surface area contributed by atoms with Crippen molar-refractivity contribution in [3.8, 4) is 17.0 Å². The van der Waals surface area contributed by atoms with Gasteiger partial charge in [0.1, 0.15) is 17.2 Å². The van der Waals surface area contributed by atoms with E-state index >= 15 is 0 Å². The third-order valence-corrected chi connectivity index (χ3v) is 5.14. The average molecular weight is 383 g/mol. The minimum absolute atomic E-state index is 0.221. The molecular formula is C18H17N5O3S. The number of carbonyl (C=O) groups is 1. The summed E-state index contributed by atoms with van der Waals surface area (Å²) in [7, 11) is 1.48. The molecule has 0 radical (unpaired) electrons. The first kappa shape index (κ1) is 17.3. The molecule has 27 heavy (non-hydrogen) atoms. The van der Waals surface area contributed by atoms with E-state index in [1.54, 1.807) is 0 Å². The lowest BCUT2D eigenvalue weighted by molar-refractivity contribution is -0.117. The quantitative estimate of drug-likeness (QED) is 0.701. The van der Waals surface area contributed by atoms with Gasteiger partial charge in [-0.3, -0.25) is 14.9 Å². The SMILES string of the molecule is COc1cc(=O)n(CC(=O)Nc2nnc(C3CC3)s2)nc1-c1ccccc1. The number of nitrogens with one attached hydrogen (secondary N) is 1. The number of nitrogens with zero attached hydrogens (tertiary/aromatic N) is 4. The van der Waals surface area contributed by atoms with Crippen LogP contribution in [0.25, 0.3) is 11.3 Å². The van der Waals surface area contributed by atoms with Crippen LogP contribution in [0.5, 0.6) is 5.75 Å². The Morgan fingerprint density at radius 2 is 2.07 bits per heavy atom. The zero-order chi connectivity index (χ0) is 18.8. The lowest BCUT2D eigenvalue weighted by atomic mass is 10.1. The molecule has 0 atom stereocenters. The van der Waals surface area contributed by atoms with Gasteiger partial charge in [-0.25, -0.2) is 4.68 Å². The second kappa shape index (κ2) is 7.28. The molecule has 1 fully saturated rings. The summed E-state index contributed by atoms with van der Waals surface area (Å²) in [4.78, 5) is 24.6. The number of ether oxygens (including phenoxy) is 1. The predicted octanol–water partition coefficient (Wildman–Crippen LogP) is 2.29. The molecule has 8 nitrogen and oxygen atoms in total. The molecule has 0 bridgehead atoms. The monoisotopic (exact) mass is 383 g/mol. The average Bonchev–Trinajstić information content (AvgIpc) is 3.43. The topological polar surface area (TPSA) is 99.0 Å². The van der Waals surface area contributed by atoms with Gasteiger partial charge in [-0.2, -0.15) is 5.10 Å². The Morgan fingerprint density at radius 3 is 2.78 bits per heavy atom. The molecule has 0 unspecified atom stereocenters. The van der Waals surface area contributed by atoms with E-state index < -0.39 is 5.56 Å². The molecule has 1 saturated carbocycles. The lowest BCUT2D eigenvalue weighted by Crippen LogP contribution is -2.29. The van der Waals surface area contributed by atoms with Crippen LogP contribution in [0.2, 0.25) is 0 Å². The maximum absolute atomic E-state index is 12.3. The second-order valence-corrected chi connectivity index (χ2v) is 7.20. The molecule has 9 heteroatoms. The van der Waals surface area contributed by atoms with Crippen molar-refractivity contribution in [2.24, 2.45) is 0 Å². The summed E-state index contributed by atoms with van der Waals surface area (Å²) in [5.41, 5.74) is 0.872. The summed E-state index contributed by atoms with van der Waals surface area (Å²) in [6.07, 6.45) is 2.24. The Kier molecular flexibility index (Phi) is 4.68. The van der Waals surface area contributed by atoms with E-state index in [1.807, 2.05) is 30.3 Å². The van der Waals surface area contributed by atoms with E-state index in [9.17, 15) is 9.59 Å². The fourth-order valence-corrected chi connectivity index (χ4v) is 3.54. The number of benzene rings is 1. The van der Waals surface area contributed by atoms with Gasteiger partial charge in [0.2, 0.25) is 11.0 Å². The number of carbonyl (C=O) groups excluding carboxylic acids is 1. The number of hydrogen-bond donors (Lipinski definition) is 1. The van der Waals surface area contributed by atoms with Crippen LogP contribution in [0.15, 0.2) is 41.2 Å². The molecule has 2 heterocycles. The van der Waals surface area contributed by atoms with E-state index in [0.717, 1.165) is 28.1 Å². The Bertz CT molecular complexity index is 1030. The van der Waals surface area contributed by atoms with Crippen LogP contribution in [-0.4, -0.2) is 33.0 Å². The molecule has 1 amide bonds. The highest BCUT2D eigenvalue weighted by Gasteiger charge is 2.27. The summed E-state index contributed by atoms with van der Waals surface area (Å²) in [5, 5.41) is 16.5. The van der Waals surface area contributed by atoms with E-state index in [1.165, 1.54) is 24.5 Å². The van der Waals surface area contributed by atoms with Gasteiger partial charge >= 0.3 is 0 Å². The first-order chi connectivity index (χ1) is 13.1. The highest BCUT2D eigenvalue weighted by atomic mass is 32.1. The summed E-state index contributed by atoms with van der Waals surface area (Å²) in [6.45, 7) is -0.221. The zero-order valence-electron chi connectivity index (χ0n) is 14.6. The highest BCUT2D eigenvalue weighted by molar-refractivity contribution is 7.15. The van der Waals surface area contributed by atoms with E-state index in [0.29, 0.717) is 22.5 Å². The number of rotatable bonds is 6. The van der Waals surface area contributed by atoms with Gasteiger partial charge in [0, 0.05) is 17.5 Å². The molecule has 1 aromatic carbocycles. The van der Waals surface area contributed by atoms with Crippen molar-refractivity contribution in [1.29, 1.82) is 0 Å². The highest BCUT2D eigenvalue weighted by Crippen LogP contribution is 2.42. The molecule has 0 aliphatic heterocycles. The van der Waals surface area contributed by atoms with Gasteiger partial charge in [-0.1, -0.05) is 41.7 Å². The number of anilines is 1. The lowest BCUT2D eigenvalue weighted by Gasteiger charge is -2.11. The zero-order valence-corrected chi connectivity index (χ0v) is 15.4. The smallest absolute Gasteiger partial charge is 0.270 e. The van der Waals surface area contributed by atoms with Crippen molar-refractivity contribution < 1.29 is 9.53 Å². The maximum Gasteiger partial charge on any atom is 0.270 e. The van der Waals surface area contributed by atoms with Gasteiger partial charge in [0.15, 0.2) is 5.75 Å². The van der Waals surface area contributed by atoms with Crippen LogP contribution in [0.4, 0.5) is 5.13 Å². The van der Waals surface area contributed by atoms with Crippen molar-refractivity contribution >= 4 is 22.4 Å². The van der Waals surface area contributed by atoms with Crippen molar-refractivity contribution in [2.75, 3.05) is 12.4 Å². The van der Waals surface area contributed by atoms with Crippen LogP contribution >= 0.6 is 11.3 Å². The van der Waals surface area contributed by atoms with Crippen LogP contribution in [0, 0.1) is 0 Å². The fourth-order valence-electron chi connectivity index (χ4n) is 2.61. The van der Waals surface area contributed by atoms with Crippen molar-refractivity contribution in [1.82, 2.24) is 20.0 Å². The van der Waals surface area contributed by atoms with Crippen molar-refractivity contribution in [2.45, 2.75) is 25.3 Å². The normalized spacial score (nSPS) is 13.4. The summed E-state index contributed by atoms with van der Waals surface area (Å²) >= 11 is 1.37. The summed E-state index contributed by atoms with van der Waals surface area (Å²) < 4.78 is 6.39. The molecule has 1 N–H and O–H groups in total. The van der Waals surface area contributed by atoms with Gasteiger partial charge in [-0.05, 0) is 12.8 Å². The van der Waals surface area contributed by atoms with Crippen LogP contribution in [0.1, 0.15) is 23.8 Å². The molecule has 1 aliphatic carbocycles. The van der Waals surface area contributed by atoms with Gasteiger partial charge in [0.25, 0.3) is 5.56 Å². The molecular weight excluding hydrogens is 366 g/mol. The molecule has 3 aromatic rings. The van der Waals surface area contributed by atoms with E-state index in [4.69, 9.17) is 4.74 Å². The number of amides is 1. The van der Waals surface area contributed by atoms with Gasteiger partial charge in [-0.15, -0.1) is 10.2 Å². The van der Waals surface area contributed by atoms with Crippen LogP contribution in [-0.2, 0) is 11.3 Å². The first-order valence-electron chi connectivity index (χ1n) is 8.49. The third-order valence-electron chi connectivity index (χ3n) is 4.14. The van der Waals surface area contributed by atoms with Crippen LogP contribution in [0.3, 0.4) is 0 Å². The number of hydrogen-bond acceptors (Lipinski definition) is 7. The molecule has 0 saturated heterocycles. The second-order valence-electron chi connectivity index (χ2n) is 6.19. The first-order valence-corrected chi connectivity index (χ1v) is 9.30. The van der Waals surface area contributed by atoms with Crippen molar-refractivity contribution in [3.05, 3.63) is 51.8 Å². The van der Waals surface area contributed by atoms with E-state index in [2.05, 4.69) is 20.6 Å². The van der Waals surface area contributed by atoms with Crippen molar-refractivity contribution in [3.63, 3.8) is 0 Å². The van der Waals surface area contributed by atoms with Gasteiger partial charge in [0.05, 0.1) is 7.11 Å². The Labute approximate surface area is 158 Å². The third kappa shape index (κ3) is 3.87. The summed E-state index contributed by atoms with van der Waals surface area (Å²) in [6, 6.07) is 10.7. The fraction of sp³-hybridized carbons (Fsp3) is 0.278. The molecule has 4 rings (SSSR count). The Hall–Kier alpha value is -3.07. The number of methoxy groups -OCH3 is 1. The minimum atomic E-state index is -0.419. The predicted molar refractivity (Wildman–Crippen MR) is 101 cm³/mol. The molecule has 2 aromatic heterocycles. The molecule has 138 valence electrons. The molecule has 0 spiro atoms.